The lowest BCUT2D eigenvalue weighted by molar-refractivity contribution is -0.114. The van der Waals surface area contributed by atoms with Crippen LogP contribution in [0.25, 0.3) is 0 Å². The van der Waals surface area contributed by atoms with Gasteiger partial charge in [0.15, 0.2) is 0 Å². The van der Waals surface area contributed by atoms with E-state index in [1.807, 2.05) is 24.3 Å². The standard InChI is InChI=1S/C18H22FN3O/c1-3-22(4-2)17-10-8-15(9-11-17)21-18(23)13-20-16-7-5-6-14(19)12-16/h5-12,20H,3-4,13H2,1-2H3,(H,21,23). The highest BCUT2D eigenvalue weighted by molar-refractivity contribution is 5.93. The number of hydrogen-bond acceptors (Lipinski definition) is 3. The molecule has 122 valence electrons. The third kappa shape index (κ3) is 4.98. The average Bonchev–Trinajstić information content (AvgIpc) is 2.56. The summed E-state index contributed by atoms with van der Waals surface area (Å²) in [7, 11) is 0. The lowest BCUT2D eigenvalue weighted by atomic mass is 10.2. The van der Waals surface area contributed by atoms with E-state index in [4.69, 9.17) is 0 Å². The Balaban J connectivity index is 1.87. The van der Waals surface area contributed by atoms with E-state index in [1.54, 1.807) is 12.1 Å². The van der Waals surface area contributed by atoms with Crippen LogP contribution in [0.4, 0.5) is 21.5 Å². The highest BCUT2D eigenvalue weighted by Gasteiger charge is 2.05. The molecule has 0 spiro atoms. The fourth-order valence-electron chi connectivity index (χ4n) is 2.33. The summed E-state index contributed by atoms with van der Waals surface area (Å²) in [5, 5.41) is 5.71. The quantitative estimate of drug-likeness (QED) is 0.818. The van der Waals surface area contributed by atoms with Gasteiger partial charge in [-0.2, -0.15) is 0 Å². The zero-order chi connectivity index (χ0) is 16.7. The van der Waals surface area contributed by atoms with Gasteiger partial charge in [0.25, 0.3) is 0 Å². The number of benzene rings is 2. The first kappa shape index (κ1) is 16.8. The van der Waals surface area contributed by atoms with Crippen LogP contribution in [0.15, 0.2) is 48.5 Å². The van der Waals surface area contributed by atoms with Crippen molar-refractivity contribution < 1.29 is 9.18 Å². The SMILES string of the molecule is CCN(CC)c1ccc(NC(=O)CNc2cccc(F)c2)cc1. The van der Waals surface area contributed by atoms with Crippen LogP contribution in [-0.2, 0) is 4.79 Å². The molecule has 0 saturated heterocycles. The molecule has 23 heavy (non-hydrogen) atoms. The monoisotopic (exact) mass is 315 g/mol. The topological polar surface area (TPSA) is 44.4 Å². The first-order valence-corrected chi connectivity index (χ1v) is 7.76. The van der Waals surface area contributed by atoms with Crippen molar-refractivity contribution >= 4 is 23.0 Å². The number of rotatable bonds is 7. The van der Waals surface area contributed by atoms with Crippen molar-refractivity contribution in [3.63, 3.8) is 0 Å². The predicted octanol–water partition coefficient (Wildman–Crippen LogP) is 3.72. The van der Waals surface area contributed by atoms with Crippen molar-refractivity contribution in [1.82, 2.24) is 0 Å². The van der Waals surface area contributed by atoms with Crippen LogP contribution < -0.4 is 15.5 Å². The van der Waals surface area contributed by atoms with Gasteiger partial charge in [0.05, 0.1) is 6.54 Å². The van der Waals surface area contributed by atoms with Gasteiger partial charge < -0.3 is 15.5 Å². The molecule has 4 nitrogen and oxygen atoms in total. The van der Waals surface area contributed by atoms with E-state index in [1.165, 1.54) is 12.1 Å². The van der Waals surface area contributed by atoms with E-state index >= 15 is 0 Å². The van der Waals surface area contributed by atoms with Crippen molar-refractivity contribution in [2.24, 2.45) is 0 Å². The highest BCUT2D eigenvalue weighted by Crippen LogP contribution is 2.17. The number of nitrogens with zero attached hydrogens (tertiary/aromatic N) is 1. The largest absolute Gasteiger partial charge is 0.376 e. The van der Waals surface area contributed by atoms with E-state index in [-0.39, 0.29) is 18.3 Å². The van der Waals surface area contributed by atoms with Gasteiger partial charge in [0.2, 0.25) is 5.91 Å². The minimum Gasteiger partial charge on any atom is -0.376 e. The third-order valence-corrected chi connectivity index (χ3v) is 3.56. The molecule has 0 aromatic heterocycles. The average molecular weight is 315 g/mol. The number of amides is 1. The maximum absolute atomic E-state index is 13.1. The lowest BCUT2D eigenvalue weighted by Gasteiger charge is -2.21. The second-order valence-corrected chi connectivity index (χ2v) is 5.13. The first-order valence-electron chi connectivity index (χ1n) is 7.76. The van der Waals surface area contributed by atoms with Crippen LogP contribution in [-0.4, -0.2) is 25.5 Å². The van der Waals surface area contributed by atoms with Crippen LogP contribution in [0.1, 0.15) is 13.8 Å². The zero-order valence-corrected chi connectivity index (χ0v) is 13.5. The molecule has 2 aromatic rings. The normalized spacial score (nSPS) is 10.2. The second kappa shape index (κ2) is 8.17. The lowest BCUT2D eigenvalue weighted by Crippen LogP contribution is -2.23. The van der Waals surface area contributed by atoms with Gasteiger partial charge in [-0.15, -0.1) is 0 Å². The molecular weight excluding hydrogens is 293 g/mol. The second-order valence-electron chi connectivity index (χ2n) is 5.13. The van der Waals surface area contributed by atoms with Crippen molar-refractivity contribution in [3.05, 3.63) is 54.3 Å². The molecule has 0 radical (unpaired) electrons. The molecule has 5 heteroatoms. The van der Waals surface area contributed by atoms with Gasteiger partial charge in [-0.1, -0.05) is 6.07 Å². The number of halogens is 1. The van der Waals surface area contributed by atoms with E-state index in [0.717, 1.165) is 24.5 Å². The van der Waals surface area contributed by atoms with E-state index < -0.39 is 0 Å². The van der Waals surface area contributed by atoms with Crippen LogP contribution in [0, 0.1) is 5.82 Å². The number of hydrogen-bond donors (Lipinski definition) is 2. The number of carbonyl (C=O) groups excluding carboxylic acids is 1. The van der Waals surface area contributed by atoms with Crippen molar-refractivity contribution in [2.75, 3.05) is 35.2 Å². The molecular formula is C18H22FN3O. The van der Waals surface area contributed by atoms with Gasteiger partial charge in [-0.25, -0.2) is 4.39 Å². The van der Waals surface area contributed by atoms with Gasteiger partial charge >= 0.3 is 0 Å². The maximum atomic E-state index is 13.1. The van der Waals surface area contributed by atoms with Crippen LogP contribution in [0.2, 0.25) is 0 Å². The Morgan fingerprint density at radius 1 is 1.04 bits per heavy atom. The molecule has 0 aliphatic carbocycles. The maximum Gasteiger partial charge on any atom is 0.243 e. The molecule has 2 aromatic carbocycles. The predicted molar refractivity (Wildman–Crippen MR) is 93.5 cm³/mol. The summed E-state index contributed by atoms with van der Waals surface area (Å²) in [5.74, 6) is -0.507. The summed E-state index contributed by atoms with van der Waals surface area (Å²) >= 11 is 0. The minimum absolute atomic E-state index is 0.0846. The Bertz CT molecular complexity index is 639. The Kier molecular flexibility index (Phi) is 5.97. The Hall–Kier alpha value is -2.56. The summed E-state index contributed by atoms with van der Waals surface area (Å²) in [6, 6.07) is 13.8. The Morgan fingerprint density at radius 2 is 1.74 bits per heavy atom. The fourth-order valence-corrected chi connectivity index (χ4v) is 2.33. The minimum atomic E-state index is -0.331. The molecule has 0 aliphatic heterocycles. The summed E-state index contributed by atoms with van der Waals surface area (Å²) < 4.78 is 13.1. The Morgan fingerprint density at radius 3 is 2.35 bits per heavy atom. The van der Waals surface area contributed by atoms with Gasteiger partial charge in [-0.3, -0.25) is 4.79 Å². The van der Waals surface area contributed by atoms with E-state index in [2.05, 4.69) is 29.4 Å². The smallest absolute Gasteiger partial charge is 0.243 e. The molecule has 0 fully saturated rings. The summed E-state index contributed by atoms with van der Waals surface area (Å²) in [5.41, 5.74) is 2.45. The zero-order valence-electron chi connectivity index (χ0n) is 13.5. The molecule has 0 bridgehead atoms. The van der Waals surface area contributed by atoms with Gasteiger partial charge in [-0.05, 0) is 56.3 Å². The summed E-state index contributed by atoms with van der Waals surface area (Å²) in [4.78, 5) is 14.2. The van der Waals surface area contributed by atoms with Gasteiger partial charge in [0.1, 0.15) is 5.82 Å². The third-order valence-electron chi connectivity index (χ3n) is 3.56. The molecule has 0 aliphatic rings. The number of anilines is 3. The highest BCUT2D eigenvalue weighted by atomic mass is 19.1. The molecule has 0 saturated carbocycles. The van der Waals surface area contributed by atoms with E-state index in [9.17, 15) is 9.18 Å². The van der Waals surface area contributed by atoms with Crippen LogP contribution >= 0.6 is 0 Å². The summed E-state index contributed by atoms with van der Waals surface area (Å²) in [6.45, 7) is 6.19. The molecule has 2 N–H and O–H groups in total. The molecule has 0 unspecified atom stereocenters. The van der Waals surface area contributed by atoms with Crippen molar-refractivity contribution in [1.29, 1.82) is 0 Å². The molecule has 2 rings (SSSR count). The number of nitrogens with one attached hydrogen (secondary N) is 2. The molecule has 0 atom stereocenters. The first-order chi connectivity index (χ1) is 11.1. The number of carbonyl (C=O) groups is 1. The molecule has 0 heterocycles. The van der Waals surface area contributed by atoms with Crippen molar-refractivity contribution in [2.45, 2.75) is 13.8 Å². The molecule has 1 amide bonds. The fraction of sp³-hybridized carbons (Fsp3) is 0.278. The van der Waals surface area contributed by atoms with Crippen molar-refractivity contribution in [3.8, 4) is 0 Å². The Labute approximate surface area is 136 Å². The summed E-state index contributed by atoms with van der Waals surface area (Å²) in [6.07, 6.45) is 0. The van der Waals surface area contributed by atoms with E-state index in [0.29, 0.717) is 5.69 Å². The van der Waals surface area contributed by atoms with Crippen LogP contribution in [0.5, 0.6) is 0 Å². The van der Waals surface area contributed by atoms with Crippen LogP contribution in [0.3, 0.4) is 0 Å². The van der Waals surface area contributed by atoms with Gasteiger partial charge in [0, 0.05) is 30.2 Å².